The minimum Gasteiger partial charge on any atom is -0.493 e. The van der Waals surface area contributed by atoms with Crippen molar-refractivity contribution in [1.82, 2.24) is 14.7 Å². The molecule has 0 saturated carbocycles. The van der Waals surface area contributed by atoms with Crippen molar-refractivity contribution in [3.8, 4) is 5.75 Å². The van der Waals surface area contributed by atoms with Crippen molar-refractivity contribution >= 4 is 6.03 Å². The highest BCUT2D eigenvalue weighted by Crippen LogP contribution is 2.34. The third-order valence-corrected chi connectivity index (χ3v) is 7.06. The van der Waals surface area contributed by atoms with Gasteiger partial charge in [-0.2, -0.15) is 0 Å². The van der Waals surface area contributed by atoms with Crippen molar-refractivity contribution in [2.75, 3.05) is 39.8 Å². The molecule has 0 aromatic heterocycles. The van der Waals surface area contributed by atoms with Crippen LogP contribution in [0.3, 0.4) is 0 Å². The smallest absolute Gasteiger partial charge is 0.320 e. The quantitative estimate of drug-likeness (QED) is 0.596. The minimum absolute atomic E-state index is 0.0984. The first-order valence-electron chi connectivity index (χ1n) is 12.4. The van der Waals surface area contributed by atoms with Crippen LogP contribution in [-0.2, 0) is 12.0 Å². The highest BCUT2D eigenvalue weighted by Gasteiger charge is 2.43. The summed E-state index contributed by atoms with van der Waals surface area (Å²) in [5.74, 6) is 1.39. The van der Waals surface area contributed by atoms with Gasteiger partial charge in [0.25, 0.3) is 0 Å². The number of carbonyl (C=O) groups is 1. The zero-order valence-electron chi connectivity index (χ0n) is 20.7. The van der Waals surface area contributed by atoms with E-state index in [9.17, 15) is 4.79 Å². The van der Waals surface area contributed by atoms with Gasteiger partial charge in [-0.1, -0.05) is 63.2 Å². The molecule has 33 heavy (non-hydrogen) atoms. The fourth-order valence-corrected chi connectivity index (χ4v) is 5.08. The van der Waals surface area contributed by atoms with Crippen molar-refractivity contribution in [3.05, 3.63) is 65.7 Å². The average Bonchev–Trinajstić information content (AvgIpc) is 2.82. The second-order valence-corrected chi connectivity index (χ2v) is 10.6. The largest absolute Gasteiger partial charge is 0.493 e. The topological polar surface area (TPSA) is 36.0 Å². The molecule has 0 N–H and O–H groups in total. The molecule has 2 aromatic carbocycles. The number of nitrogens with zero attached hydrogens (tertiary/aromatic N) is 3. The number of ether oxygens (including phenoxy) is 1. The number of piperidine rings is 1. The molecule has 1 unspecified atom stereocenters. The zero-order valence-corrected chi connectivity index (χ0v) is 20.7. The van der Waals surface area contributed by atoms with Crippen LogP contribution >= 0.6 is 0 Å². The van der Waals surface area contributed by atoms with Crippen molar-refractivity contribution in [2.24, 2.45) is 5.92 Å². The normalized spacial score (nSPS) is 22.8. The number of hydrogen-bond acceptors (Lipinski definition) is 3. The van der Waals surface area contributed by atoms with Gasteiger partial charge in [-0.25, -0.2) is 4.79 Å². The lowest BCUT2D eigenvalue weighted by Gasteiger charge is -2.50. The van der Waals surface area contributed by atoms with Crippen molar-refractivity contribution in [2.45, 2.75) is 51.6 Å². The summed E-state index contributed by atoms with van der Waals surface area (Å²) in [7, 11) is 2.17. The maximum atomic E-state index is 13.7. The molecule has 0 spiro atoms. The van der Waals surface area contributed by atoms with Crippen LogP contribution in [0.2, 0.25) is 0 Å². The second kappa shape index (κ2) is 10.2. The van der Waals surface area contributed by atoms with Crippen LogP contribution in [-0.4, -0.2) is 66.6 Å². The van der Waals surface area contributed by atoms with Gasteiger partial charge in [0.05, 0.1) is 6.61 Å². The summed E-state index contributed by atoms with van der Waals surface area (Å²) in [6.07, 6.45) is 2.09. The van der Waals surface area contributed by atoms with Crippen molar-refractivity contribution < 1.29 is 9.53 Å². The van der Waals surface area contributed by atoms with Gasteiger partial charge in [0.15, 0.2) is 0 Å². The van der Waals surface area contributed by atoms with Crippen LogP contribution < -0.4 is 4.74 Å². The Morgan fingerprint density at radius 2 is 1.67 bits per heavy atom. The number of benzene rings is 2. The predicted molar refractivity (Wildman–Crippen MR) is 134 cm³/mol. The molecule has 2 amide bonds. The lowest BCUT2D eigenvalue weighted by atomic mass is 9.79. The predicted octanol–water partition coefficient (Wildman–Crippen LogP) is 5.01. The van der Waals surface area contributed by atoms with Crippen LogP contribution in [0, 0.1) is 5.92 Å². The number of rotatable bonds is 7. The van der Waals surface area contributed by atoms with Crippen LogP contribution in [0.4, 0.5) is 4.79 Å². The van der Waals surface area contributed by atoms with Gasteiger partial charge in [0.2, 0.25) is 0 Å². The van der Waals surface area contributed by atoms with Crippen molar-refractivity contribution in [3.63, 3.8) is 0 Å². The van der Waals surface area contributed by atoms with Crippen LogP contribution in [0.25, 0.3) is 0 Å². The Bertz CT molecular complexity index is 906. The second-order valence-electron chi connectivity index (χ2n) is 10.6. The van der Waals surface area contributed by atoms with Gasteiger partial charge >= 0.3 is 6.03 Å². The van der Waals surface area contributed by atoms with Gasteiger partial charge < -0.3 is 19.4 Å². The molecule has 2 aliphatic heterocycles. The van der Waals surface area contributed by atoms with Crippen LogP contribution in [0.1, 0.15) is 44.7 Å². The van der Waals surface area contributed by atoms with E-state index >= 15 is 0 Å². The van der Waals surface area contributed by atoms with Gasteiger partial charge in [0, 0.05) is 31.1 Å². The Morgan fingerprint density at radius 1 is 1.00 bits per heavy atom. The number of hydrogen-bond donors (Lipinski definition) is 0. The molecule has 2 aromatic rings. The van der Waals surface area contributed by atoms with Crippen LogP contribution in [0.15, 0.2) is 54.6 Å². The van der Waals surface area contributed by atoms with E-state index in [0.29, 0.717) is 25.1 Å². The van der Waals surface area contributed by atoms with Crippen molar-refractivity contribution in [1.29, 1.82) is 0 Å². The molecule has 2 fully saturated rings. The third kappa shape index (κ3) is 5.70. The maximum Gasteiger partial charge on any atom is 0.320 e. The first-order valence-corrected chi connectivity index (χ1v) is 12.4. The summed E-state index contributed by atoms with van der Waals surface area (Å²) >= 11 is 0. The van der Waals surface area contributed by atoms with E-state index in [2.05, 4.69) is 85.0 Å². The SMILES string of the molecule is CC(C)COc1ccc(CN2CC(C)(c3ccccc3)CN(C3CCN(C)CC3)C2=O)cc1. The molecule has 2 saturated heterocycles. The average molecular weight is 450 g/mol. The monoisotopic (exact) mass is 449 g/mol. The van der Waals surface area contributed by atoms with E-state index in [1.807, 2.05) is 12.1 Å². The number of urea groups is 1. The molecule has 5 heteroatoms. The molecule has 2 heterocycles. The molecule has 5 nitrogen and oxygen atoms in total. The van der Waals surface area contributed by atoms with Gasteiger partial charge in [-0.3, -0.25) is 0 Å². The highest BCUT2D eigenvalue weighted by atomic mass is 16.5. The van der Waals surface area contributed by atoms with Gasteiger partial charge in [-0.05, 0) is 62.2 Å². The molecule has 0 bridgehead atoms. The summed E-state index contributed by atoms with van der Waals surface area (Å²) in [4.78, 5) is 20.3. The molecule has 0 aliphatic carbocycles. The summed E-state index contributed by atoms with van der Waals surface area (Å²) in [5, 5.41) is 0. The first-order chi connectivity index (χ1) is 15.8. The van der Waals surface area contributed by atoms with Crippen LogP contribution in [0.5, 0.6) is 5.75 Å². The Kier molecular flexibility index (Phi) is 7.28. The number of likely N-dealkylation sites (tertiary alicyclic amines) is 1. The highest BCUT2D eigenvalue weighted by molar-refractivity contribution is 5.76. The summed E-state index contributed by atoms with van der Waals surface area (Å²) in [5.41, 5.74) is 2.34. The van der Waals surface area contributed by atoms with E-state index < -0.39 is 0 Å². The van der Waals surface area contributed by atoms with E-state index in [1.54, 1.807) is 0 Å². The third-order valence-electron chi connectivity index (χ3n) is 7.06. The standard InChI is InChI=1S/C28H39N3O2/c1-22(2)19-33-26-12-10-23(11-13-26)18-30-20-28(3,24-8-6-5-7-9-24)21-31(27(30)32)25-14-16-29(4)17-15-25/h5-13,22,25H,14-21H2,1-4H3. The molecule has 1 atom stereocenters. The Hall–Kier alpha value is -2.53. The Labute approximate surface area is 199 Å². The lowest BCUT2D eigenvalue weighted by molar-refractivity contribution is 0.0510. The van der Waals surface area contributed by atoms with Gasteiger partial charge in [0.1, 0.15) is 5.75 Å². The number of amides is 2. The molecular formula is C28H39N3O2. The first kappa shape index (κ1) is 23.6. The van der Waals surface area contributed by atoms with E-state index in [4.69, 9.17) is 4.74 Å². The van der Waals surface area contributed by atoms with Gasteiger partial charge in [-0.15, -0.1) is 0 Å². The summed E-state index contributed by atoms with van der Waals surface area (Å²) < 4.78 is 5.84. The van der Waals surface area contributed by atoms with E-state index in [-0.39, 0.29) is 11.4 Å². The lowest BCUT2D eigenvalue weighted by Crippen LogP contribution is -2.62. The molecule has 2 aliphatic rings. The van der Waals surface area contributed by atoms with E-state index in [0.717, 1.165) is 50.3 Å². The minimum atomic E-state index is -0.0984. The molecular weight excluding hydrogens is 410 g/mol. The Morgan fingerprint density at radius 3 is 2.30 bits per heavy atom. The molecule has 4 rings (SSSR count). The van der Waals surface area contributed by atoms with E-state index in [1.165, 1.54) is 5.56 Å². The summed E-state index contributed by atoms with van der Waals surface area (Å²) in [6.45, 7) is 11.6. The fourth-order valence-electron chi connectivity index (χ4n) is 5.08. The fraction of sp³-hybridized carbons (Fsp3) is 0.536. The number of carbonyl (C=O) groups excluding carboxylic acids is 1. The molecule has 0 radical (unpaired) electrons. The Balaban J connectivity index is 1.54. The maximum absolute atomic E-state index is 13.7. The zero-order chi connectivity index (χ0) is 23.4. The summed E-state index contributed by atoms with van der Waals surface area (Å²) in [6, 6.07) is 19.4. The molecule has 178 valence electrons.